The number of aromatic amines is 2. The lowest BCUT2D eigenvalue weighted by molar-refractivity contribution is -0.142. The van der Waals surface area contributed by atoms with Gasteiger partial charge in [0.25, 0.3) is 0 Å². The Morgan fingerprint density at radius 1 is 0.642 bits per heavy atom. The topological polar surface area (TPSA) is 392 Å². The average Bonchev–Trinajstić information content (AvgIpc) is 3.95. The summed E-state index contributed by atoms with van der Waals surface area (Å²) in [6.07, 6.45) is 5.93. The van der Waals surface area contributed by atoms with Gasteiger partial charge in [0.15, 0.2) is 0 Å². The van der Waals surface area contributed by atoms with Crippen LogP contribution in [0.4, 0.5) is 0 Å². The molecule has 15 N–H and O–H groups in total. The number of primary amides is 1. The third-order valence-electron chi connectivity index (χ3n) is 10.1. The molecule has 0 saturated heterocycles. The zero-order valence-electron chi connectivity index (χ0n) is 37.2. The fraction of sp³-hybridized carbons (Fsp3) is 0.488. The second kappa shape index (κ2) is 27.1. The Hall–Kier alpha value is -6.67. The summed E-state index contributed by atoms with van der Waals surface area (Å²) in [6, 6.07) is -4.38. The molecule has 0 aliphatic carbocycles. The van der Waals surface area contributed by atoms with Gasteiger partial charge in [-0.25, -0.2) is 4.98 Å². The number of fused-ring (bicyclic) bond motifs is 1. The molecule has 0 saturated carbocycles. The number of carbonyl (C=O) groups excluding carboxylic acids is 8. The highest BCUT2D eigenvalue weighted by molar-refractivity contribution is 7.98. The summed E-state index contributed by atoms with van der Waals surface area (Å²) in [5.74, 6) is -9.54. The van der Waals surface area contributed by atoms with Crippen LogP contribution in [0.3, 0.4) is 0 Å². The summed E-state index contributed by atoms with van der Waals surface area (Å²) < 4.78 is 0. The first-order valence-electron chi connectivity index (χ1n) is 20.9. The first kappa shape index (κ1) is 54.7. The summed E-state index contributed by atoms with van der Waals surface area (Å²) >= 11 is 2.73. The van der Waals surface area contributed by atoms with E-state index in [1.807, 2.05) is 0 Å². The number of thioether (sulfide) groups is 2. The minimum atomic E-state index is -1.75. The lowest BCUT2D eigenvalue weighted by atomic mass is 10.0. The fourth-order valence-corrected chi connectivity index (χ4v) is 7.34. The van der Waals surface area contributed by atoms with Crippen molar-refractivity contribution in [2.24, 2.45) is 11.5 Å². The first-order valence-corrected chi connectivity index (χ1v) is 23.6. The van der Waals surface area contributed by atoms with E-state index in [2.05, 4.69) is 52.2 Å². The van der Waals surface area contributed by atoms with E-state index in [9.17, 15) is 58.2 Å². The third kappa shape index (κ3) is 17.9. The number of H-pyrrole nitrogens is 2. The van der Waals surface area contributed by atoms with E-state index < -0.39 is 120 Å². The Kier molecular flexibility index (Phi) is 22.1. The number of benzene rings is 1. The van der Waals surface area contributed by atoms with E-state index in [0.717, 1.165) is 0 Å². The molecule has 26 heteroatoms. The number of aromatic nitrogens is 3. The number of imidazole rings is 1. The summed E-state index contributed by atoms with van der Waals surface area (Å²) in [4.78, 5) is 140. The number of carboxylic acids is 2. The monoisotopic (exact) mass is 974 g/mol. The Labute approximate surface area is 393 Å². The molecule has 0 aliphatic rings. The minimum Gasteiger partial charge on any atom is -0.481 e. The van der Waals surface area contributed by atoms with E-state index in [1.165, 1.54) is 49.9 Å². The van der Waals surface area contributed by atoms with Crippen molar-refractivity contribution in [3.8, 4) is 0 Å². The molecule has 2 heterocycles. The number of rotatable bonds is 29. The van der Waals surface area contributed by atoms with Crippen LogP contribution in [0.15, 0.2) is 43.0 Å². The molecular formula is C41H58N12O12S2. The molecule has 0 fully saturated rings. The van der Waals surface area contributed by atoms with Crippen LogP contribution < -0.4 is 48.7 Å². The van der Waals surface area contributed by atoms with Gasteiger partial charge in [0.1, 0.15) is 42.3 Å². The smallest absolute Gasteiger partial charge is 0.325 e. The summed E-state index contributed by atoms with van der Waals surface area (Å²) in [5, 5.41) is 36.5. The highest BCUT2D eigenvalue weighted by atomic mass is 32.2. The van der Waals surface area contributed by atoms with Crippen LogP contribution in [-0.2, 0) is 60.8 Å². The van der Waals surface area contributed by atoms with Crippen molar-refractivity contribution in [2.45, 2.75) is 101 Å². The van der Waals surface area contributed by atoms with Crippen LogP contribution >= 0.6 is 23.5 Å². The van der Waals surface area contributed by atoms with Crippen molar-refractivity contribution in [1.82, 2.24) is 52.2 Å². The van der Waals surface area contributed by atoms with E-state index in [0.29, 0.717) is 27.9 Å². The van der Waals surface area contributed by atoms with Gasteiger partial charge in [0, 0.05) is 41.8 Å². The molecule has 3 rings (SSSR count). The molecule has 0 bridgehead atoms. The van der Waals surface area contributed by atoms with Gasteiger partial charge in [-0.15, -0.1) is 0 Å². The van der Waals surface area contributed by atoms with Crippen molar-refractivity contribution in [3.63, 3.8) is 0 Å². The number of hydrogen-bond acceptors (Lipinski definition) is 14. The van der Waals surface area contributed by atoms with E-state index in [1.54, 1.807) is 43.0 Å². The number of nitrogens with two attached hydrogens (primary N) is 2. The normalized spacial score (nSPS) is 14.6. The summed E-state index contributed by atoms with van der Waals surface area (Å²) in [6.45, 7) is 2.54. The molecule has 0 spiro atoms. The number of hydrogen-bond donors (Lipinski definition) is 13. The Bertz CT molecular complexity index is 2230. The number of aliphatic carboxylic acids is 2. The van der Waals surface area contributed by atoms with Crippen LogP contribution in [0.1, 0.15) is 50.8 Å². The maximum Gasteiger partial charge on any atom is 0.325 e. The second-order valence-electron chi connectivity index (χ2n) is 15.4. The fourth-order valence-electron chi connectivity index (χ4n) is 6.38. The second-order valence-corrected chi connectivity index (χ2v) is 17.4. The van der Waals surface area contributed by atoms with Gasteiger partial charge in [-0.2, -0.15) is 23.5 Å². The molecule has 8 atom stereocenters. The largest absolute Gasteiger partial charge is 0.481 e. The van der Waals surface area contributed by atoms with Crippen LogP contribution in [0, 0.1) is 0 Å². The molecule has 0 radical (unpaired) electrons. The van der Waals surface area contributed by atoms with Gasteiger partial charge in [0.2, 0.25) is 47.3 Å². The van der Waals surface area contributed by atoms with Gasteiger partial charge in [-0.3, -0.25) is 47.9 Å². The number of nitrogens with zero attached hydrogens (tertiary/aromatic N) is 1. The molecule has 0 unspecified atom stereocenters. The van der Waals surface area contributed by atoms with E-state index in [4.69, 9.17) is 11.5 Å². The zero-order valence-corrected chi connectivity index (χ0v) is 38.8. The first-order chi connectivity index (χ1) is 31.7. The minimum absolute atomic E-state index is 0.0306. The molecule has 3 aromatic rings. The molecule has 8 amide bonds. The van der Waals surface area contributed by atoms with Gasteiger partial charge < -0.3 is 68.9 Å². The SMILES string of the molecule is CSCC[C@H](NC(=O)[C@H](CC(N)=O)NC(=O)[C@H](Cc1c[nH]c2ccccc12)NC(=O)[C@H](CC(=O)O)NC(=O)[C@@H](N)CCSC)C(=O)N[C@@H](Cc1cnc[nH]1)C(=O)N[C@@H](C)C(=O)N[C@@H](C)C(=O)O. The standard InChI is InChI=1S/C41H58N12O12S2/c1-20(34(57)48-21(2)41(64)65)47-37(60)29(14-23-18-44-19-46-23)52-36(59)27(10-12-67-4)49-39(62)30(15-32(43)54)53-38(61)28(13-22-17-45-26-8-6-5-7-24(22)26)51-40(63)31(16-33(55)56)50-35(58)25(42)9-11-66-3/h5-8,17-21,25,27-31,45H,9-16,42H2,1-4H3,(H2,43,54)(H,44,46)(H,47,60)(H,48,57)(H,49,62)(H,50,58)(H,51,63)(H,52,59)(H,53,61)(H,55,56)(H,64,65)/t20-,21-,25-,27-,28-,29-,30-,31-/m0/s1. The molecule has 0 aliphatic heterocycles. The van der Waals surface area contributed by atoms with Crippen molar-refractivity contribution in [1.29, 1.82) is 0 Å². The van der Waals surface area contributed by atoms with E-state index in [-0.39, 0.29) is 31.4 Å². The Morgan fingerprint density at radius 2 is 1.16 bits per heavy atom. The Morgan fingerprint density at radius 3 is 1.76 bits per heavy atom. The van der Waals surface area contributed by atoms with Gasteiger partial charge in [-0.05, 0) is 62.3 Å². The predicted molar refractivity (Wildman–Crippen MR) is 247 cm³/mol. The zero-order chi connectivity index (χ0) is 49.8. The van der Waals surface area contributed by atoms with Gasteiger partial charge in [0.05, 0.1) is 25.2 Å². The number of carbonyl (C=O) groups is 10. The maximum atomic E-state index is 14.2. The third-order valence-corrected chi connectivity index (χ3v) is 11.4. The number of nitrogens with one attached hydrogen (secondary N) is 9. The Balaban J connectivity index is 1.91. The lowest BCUT2D eigenvalue weighted by Gasteiger charge is -2.27. The van der Waals surface area contributed by atoms with Crippen LogP contribution in [0.5, 0.6) is 0 Å². The molecule has 1 aromatic carbocycles. The van der Waals surface area contributed by atoms with Crippen LogP contribution in [-0.4, -0.2) is 157 Å². The molecule has 67 heavy (non-hydrogen) atoms. The van der Waals surface area contributed by atoms with Gasteiger partial charge in [-0.1, -0.05) is 18.2 Å². The lowest BCUT2D eigenvalue weighted by Crippen LogP contribution is -2.61. The van der Waals surface area contributed by atoms with Crippen molar-refractivity contribution >= 4 is 93.6 Å². The molecular weight excluding hydrogens is 917 g/mol. The van der Waals surface area contributed by atoms with Crippen molar-refractivity contribution in [3.05, 3.63) is 54.2 Å². The quantitative estimate of drug-likeness (QED) is 0.0339. The van der Waals surface area contributed by atoms with Crippen molar-refractivity contribution in [2.75, 3.05) is 24.0 Å². The summed E-state index contributed by atoms with van der Waals surface area (Å²) in [7, 11) is 0. The number of carboxylic acid groups (broad SMARTS) is 2. The molecule has 2 aromatic heterocycles. The molecule has 366 valence electrons. The molecule has 24 nitrogen and oxygen atoms in total. The predicted octanol–water partition coefficient (Wildman–Crippen LogP) is -2.62. The van der Waals surface area contributed by atoms with Crippen LogP contribution in [0.25, 0.3) is 10.9 Å². The maximum absolute atomic E-state index is 14.2. The van der Waals surface area contributed by atoms with Crippen molar-refractivity contribution < 1.29 is 58.2 Å². The average molecular weight is 975 g/mol. The summed E-state index contributed by atoms with van der Waals surface area (Å²) in [5.41, 5.74) is 13.1. The number of amides is 8. The number of para-hydroxylation sites is 1. The van der Waals surface area contributed by atoms with Crippen LogP contribution in [0.2, 0.25) is 0 Å². The highest BCUT2D eigenvalue weighted by Gasteiger charge is 2.35. The van der Waals surface area contributed by atoms with Gasteiger partial charge >= 0.3 is 11.9 Å². The van der Waals surface area contributed by atoms with E-state index >= 15 is 0 Å². The highest BCUT2D eigenvalue weighted by Crippen LogP contribution is 2.20.